The van der Waals surface area contributed by atoms with Crippen molar-refractivity contribution in [3.63, 3.8) is 0 Å². The van der Waals surface area contributed by atoms with E-state index >= 15 is 0 Å². The molecule has 2 N–H and O–H groups in total. The Morgan fingerprint density at radius 2 is 2.07 bits per heavy atom. The fraction of sp³-hybridized carbons (Fsp3) is 0.235. The molecule has 0 saturated heterocycles. The summed E-state index contributed by atoms with van der Waals surface area (Å²) in [5.74, 6) is -1.41. The van der Waals surface area contributed by atoms with Gasteiger partial charge in [0.1, 0.15) is 0 Å². The maximum absolute atomic E-state index is 12.9. The molecule has 2 aromatic heterocycles. The number of aromatic nitrogens is 4. The smallest absolute Gasteiger partial charge is 0.358 e. The Morgan fingerprint density at radius 1 is 1.37 bits per heavy atom. The van der Waals surface area contributed by atoms with E-state index in [1.165, 1.54) is 16.8 Å². The first-order chi connectivity index (χ1) is 14.0. The second-order valence-electron chi connectivity index (χ2n) is 6.35. The number of carbonyl (C=O) groups is 1. The maximum Gasteiger partial charge on any atom is 0.416 e. The molecule has 3 rings (SSSR count). The van der Waals surface area contributed by atoms with Crippen LogP contribution in [-0.2, 0) is 12.7 Å². The van der Waals surface area contributed by atoms with Crippen molar-refractivity contribution < 1.29 is 22.9 Å². The van der Waals surface area contributed by atoms with Gasteiger partial charge in [-0.25, -0.2) is 0 Å². The lowest BCUT2D eigenvalue weighted by molar-refractivity contribution is -0.389. The standard InChI is InChI=1S/C17H14ClF3N6O3/c1-8-13(22-16(28)14-12(18)15(24-23-14)27(29)30)9(2)26(25-8)7-10-4-3-5-11(6-10)17(19,20)21/h3-6H,7H2,1-2H3,(H,22,28)(H,23,24). The molecule has 30 heavy (non-hydrogen) atoms. The van der Waals surface area contributed by atoms with Crippen molar-refractivity contribution >= 4 is 29.0 Å². The van der Waals surface area contributed by atoms with E-state index < -0.39 is 33.4 Å². The van der Waals surface area contributed by atoms with E-state index in [4.69, 9.17) is 11.6 Å². The van der Waals surface area contributed by atoms with E-state index in [1.807, 2.05) is 0 Å². The predicted molar refractivity (Wildman–Crippen MR) is 100 cm³/mol. The number of amides is 1. The van der Waals surface area contributed by atoms with Crippen LogP contribution in [0, 0.1) is 24.0 Å². The molecule has 3 aromatic rings. The van der Waals surface area contributed by atoms with Gasteiger partial charge in [0.25, 0.3) is 5.91 Å². The number of anilines is 1. The lowest BCUT2D eigenvalue weighted by Crippen LogP contribution is -2.14. The molecular formula is C17H14ClF3N6O3. The minimum atomic E-state index is -4.46. The van der Waals surface area contributed by atoms with E-state index in [1.54, 1.807) is 13.8 Å². The molecule has 0 fully saturated rings. The zero-order valence-electron chi connectivity index (χ0n) is 15.5. The summed E-state index contributed by atoms with van der Waals surface area (Å²) in [5, 5.41) is 22.8. The van der Waals surface area contributed by atoms with Crippen LogP contribution < -0.4 is 5.32 Å². The van der Waals surface area contributed by atoms with Gasteiger partial charge >= 0.3 is 12.0 Å². The molecule has 0 atom stereocenters. The van der Waals surface area contributed by atoms with E-state index in [0.717, 1.165) is 12.1 Å². The molecule has 0 saturated carbocycles. The summed E-state index contributed by atoms with van der Waals surface area (Å²) in [5.41, 5.74) is 0.402. The lowest BCUT2D eigenvalue weighted by atomic mass is 10.1. The summed E-state index contributed by atoms with van der Waals surface area (Å²) in [6, 6.07) is 4.84. The third-order valence-corrected chi connectivity index (χ3v) is 4.65. The zero-order valence-corrected chi connectivity index (χ0v) is 16.3. The van der Waals surface area contributed by atoms with Gasteiger partial charge in [-0.15, -0.1) is 5.10 Å². The summed E-state index contributed by atoms with van der Waals surface area (Å²) in [6.07, 6.45) is -4.46. The van der Waals surface area contributed by atoms with Gasteiger partial charge in [0.2, 0.25) is 0 Å². The number of halogens is 4. The molecule has 158 valence electrons. The number of nitro groups is 1. The van der Waals surface area contributed by atoms with Crippen LogP contribution >= 0.6 is 11.6 Å². The van der Waals surface area contributed by atoms with Crippen molar-refractivity contribution in [1.82, 2.24) is 20.0 Å². The van der Waals surface area contributed by atoms with Crippen molar-refractivity contribution in [3.05, 3.63) is 67.6 Å². The largest absolute Gasteiger partial charge is 0.416 e. The Labute approximate surface area is 172 Å². The second-order valence-corrected chi connectivity index (χ2v) is 6.73. The zero-order chi connectivity index (χ0) is 22.2. The molecule has 0 aliphatic carbocycles. The van der Waals surface area contributed by atoms with Gasteiger partial charge in [-0.3, -0.25) is 9.48 Å². The maximum atomic E-state index is 12.9. The molecule has 0 radical (unpaired) electrons. The fourth-order valence-corrected chi connectivity index (χ4v) is 3.05. The molecule has 13 heteroatoms. The molecule has 1 aromatic carbocycles. The van der Waals surface area contributed by atoms with Crippen LogP contribution in [0.1, 0.15) is 33.0 Å². The topological polar surface area (TPSA) is 119 Å². The minimum Gasteiger partial charge on any atom is -0.358 e. The molecule has 2 heterocycles. The summed E-state index contributed by atoms with van der Waals surface area (Å²) in [6.45, 7) is 3.26. The molecule has 9 nitrogen and oxygen atoms in total. The first kappa shape index (κ1) is 21.3. The van der Waals surface area contributed by atoms with Crippen molar-refractivity contribution in [1.29, 1.82) is 0 Å². The molecule has 0 spiro atoms. The number of rotatable bonds is 5. The Balaban J connectivity index is 1.84. The van der Waals surface area contributed by atoms with Crippen molar-refractivity contribution in [2.75, 3.05) is 5.32 Å². The normalized spacial score (nSPS) is 11.5. The van der Waals surface area contributed by atoms with Crippen molar-refractivity contribution in [3.8, 4) is 0 Å². The van der Waals surface area contributed by atoms with Gasteiger partial charge in [-0.05, 0) is 36.5 Å². The summed E-state index contributed by atoms with van der Waals surface area (Å²) in [4.78, 5) is 22.4. The molecular weight excluding hydrogens is 429 g/mol. The molecule has 0 bridgehead atoms. The monoisotopic (exact) mass is 442 g/mol. The average Bonchev–Trinajstić information content (AvgIpc) is 3.16. The minimum absolute atomic E-state index is 0.0428. The Kier molecular flexibility index (Phi) is 5.53. The highest BCUT2D eigenvalue weighted by atomic mass is 35.5. The van der Waals surface area contributed by atoms with Gasteiger partial charge < -0.3 is 15.4 Å². The Morgan fingerprint density at radius 3 is 2.67 bits per heavy atom. The van der Waals surface area contributed by atoms with Gasteiger partial charge in [0.15, 0.2) is 10.7 Å². The van der Waals surface area contributed by atoms with Crippen LogP contribution in [0.25, 0.3) is 0 Å². The van der Waals surface area contributed by atoms with Gasteiger partial charge in [0.05, 0.1) is 29.2 Å². The number of benzene rings is 1. The third kappa shape index (κ3) is 4.13. The quantitative estimate of drug-likeness (QED) is 0.455. The second kappa shape index (κ2) is 7.78. The first-order valence-corrected chi connectivity index (χ1v) is 8.76. The van der Waals surface area contributed by atoms with E-state index in [2.05, 4.69) is 20.6 Å². The fourth-order valence-electron chi connectivity index (χ4n) is 2.81. The number of hydrogen-bond acceptors (Lipinski definition) is 5. The molecule has 0 aliphatic rings. The number of nitrogens with zero attached hydrogens (tertiary/aromatic N) is 4. The van der Waals surface area contributed by atoms with Crippen LogP contribution in [0.5, 0.6) is 0 Å². The number of H-pyrrole nitrogens is 1. The summed E-state index contributed by atoms with van der Waals surface area (Å²) < 4.78 is 40.2. The number of alkyl halides is 3. The molecule has 0 unspecified atom stereocenters. The molecule has 1 amide bonds. The van der Waals surface area contributed by atoms with Crippen LogP contribution in [0.2, 0.25) is 5.02 Å². The SMILES string of the molecule is Cc1nn(Cc2cccc(C(F)(F)F)c2)c(C)c1NC(=O)c1n[nH]c([N+](=O)[O-])c1Cl. The highest BCUT2D eigenvalue weighted by Gasteiger charge is 2.30. The highest BCUT2D eigenvalue weighted by Crippen LogP contribution is 2.30. The van der Waals surface area contributed by atoms with E-state index in [-0.39, 0.29) is 12.2 Å². The number of carbonyl (C=O) groups excluding carboxylic acids is 1. The number of hydrogen-bond donors (Lipinski definition) is 2. The van der Waals surface area contributed by atoms with Crippen LogP contribution in [0.3, 0.4) is 0 Å². The summed E-state index contributed by atoms with van der Waals surface area (Å²) >= 11 is 5.82. The van der Waals surface area contributed by atoms with Crippen LogP contribution in [-0.4, -0.2) is 30.8 Å². The van der Waals surface area contributed by atoms with Crippen LogP contribution in [0.15, 0.2) is 24.3 Å². The van der Waals surface area contributed by atoms with E-state index in [0.29, 0.717) is 22.6 Å². The van der Waals surface area contributed by atoms with E-state index in [9.17, 15) is 28.1 Å². The third-order valence-electron chi connectivity index (χ3n) is 4.29. The number of aryl methyl sites for hydroxylation is 1. The predicted octanol–water partition coefficient (Wildman–Crippen LogP) is 4.10. The Hall–Kier alpha value is -3.41. The van der Waals surface area contributed by atoms with Gasteiger partial charge in [-0.1, -0.05) is 28.8 Å². The lowest BCUT2D eigenvalue weighted by Gasteiger charge is -2.10. The number of nitrogens with one attached hydrogen (secondary N) is 2. The van der Waals surface area contributed by atoms with Gasteiger partial charge in [-0.2, -0.15) is 18.3 Å². The van der Waals surface area contributed by atoms with Crippen LogP contribution in [0.4, 0.5) is 24.7 Å². The Bertz CT molecular complexity index is 1140. The average molecular weight is 443 g/mol. The first-order valence-electron chi connectivity index (χ1n) is 8.38. The van der Waals surface area contributed by atoms with Crippen molar-refractivity contribution in [2.45, 2.75) is 26.6 Å². The summed E-state index contributed by atoms with van der Waals surface area (Å²) in [7, 11) is 0. The van der Waals surface area contributed by atoms with Crippen molar-refractivity contribution in [2.24, 2.45) is 0 Å². The number of aromatic amines is 1. The highest BCUT2D eigenvalue weighted by molar-refractivity contribution is 6.35. The molecule has 0 aliphatic heterocycles. The van der Waals surface area contributed by atoms with Gasteiger partial charge in [0, 0.05) is 0 Å².